The predicted octanol–water partition coefficient (Wildman–Crippen LogP) is 2.14. The molecule has 0 aliphatic carbocycles. The topological polar surface area (TPSA) is 48.1 Å². The van der Waals surface area contributed by atoms with Gasteiger partial charge in [0.1, 0.15) is 6.10 Å². The van der Waals surface area contributed by atoms with Crippen LogP contribution in [0.25, 0.3) is 0 Å². The summed E-state index contributed by atoms with van der Waals surface area (Å²) >= 11 is 0. The molecule has 1 aromatic heterocycles. The average molecular weight is 208 g/mol. The zero-order chi connectivity index (χ0) is 11.3. The summed E-state index contributed by atoms with van der Waals surface area (Å²) < 4.78 is 5.76. The molecule has 15 heavy (non-hydrogen) atoms. The van der Waals surface area contributed by atoms with E-state index < -0.39 is 0 Å². The lowest BCUT2D eigenvalue weighted by molar-refractivity contribution is 0.0195. The fourth-order valence-corrected chi connectivity index (χ4v) is 1.35. The lowest BCUT2D eigenvalue weighted by Gasteiger charge is -2.21. The Balaban J connectivity index is 2.66. The second-order valence-electron chi connectivity index (χ2n) is 4.26. The Morgan fingerprint density at radius 1 is 1.33 bits per heavy atom. The molecule has 0 amide bonds. The van der Waals surface area contributed by atoms with Crippen molar-refractivity contribution in [3.8, 4) is 0 Å². The molecule has 0 fully saturated rings. The largest absolute Gasteiger partial charge is 0.370 e. The number of nitrogens with zero attached hydrogens (tertiary/aromatic N) is 1. The molecule has 1 heterocycles. The first kappa shape index (κ1) is 12.1. The number of hydrogen-bond donors (Lipinski definition) is 1. The van der Waals surface area contributed by atoms with Crippen LogP contribution in [0.2, 0.25) is 0 Å². The Morgan fingerprint density at radius 3 is 2.53 bits per heavy atom. The third kappa shape index (κ3) is 3.98. The summed E-state index contributed by atoms with van der Waals surface area (Å²) in [7, 11) is 0. The van der Waals surface area contributed by atoms with E-state index in [0.29, 0.717) is 12.5 Å². The van der Waals surface area contributed by atoms with E-state index in [9.17, 15) is 0 Å². The van der Waals surface area contributed by atoms with Gasteiger partial charge in [-0.05, 0) is 25.0 Å². The van der Waals surface area contributed by atoms with Gasteiger partial charge in [-0.25, -0.2) is 0 Å². The first-order valence-corrected chi connectivity index (χ1v) is 5.39. The molecule has 2 unspecified atom stereocenters. The van der Waals surface area contributed by atoms with Gasteiger partial charge in [0.15, 0.2) is 0 Å². The van der Waals surface area contributed by atoms with E-state index in [1.54, 1.807) is 6.20 Å². The van der Waals surface area contributed by atoms with E-state index in [1.807, 2.05) is 25.1 Å². The molecule has 0 aromatic carbocycles. The van der Waals surface area contributed by atoms with Gasteiger partial charge >= 0.3 is 0 Å². The number of ether oxygens (including phenoxy) is 1. The average Bonchev–Trinajstić information content (AvgIpc) is 2.18. The van der Waals surface area contributed by atoms with Gasteiger partial charge in [0, 0.05) is 18.8 Å². The van der Waals surface area contributed by atoms with Gasteiger partial charge in [-0.1, -0.05) is 19.9 Å². The molecule has 84 valence electrons. The minimum absolute atomic E-state index is 0.0429. The molecule has 0 saturated carbocycles. The van der Waals surface area contributed by atoms with Gasteiger partial charge in [0.2, 0.25) is 0 Å². The summed E-state index contributed by atoms with van der Waals surface area (Å²) in [6.45, 7) is 6.90. The van der Waals surface area contributed by atoms with Crippen molar-refractivity contribution in [1.82, 2.24) is 4.98 Å². The quantitative estimate of drug-likeness (QED) is 0.806. The first-order valence-electron chi connectivity index (χ1n) is 5.39. The minimum atomic E-state index is -0.103. The highest BCUT2D eigenvalue weighted by atomic mass is 16.5. The number of pyridine rings is 1. The Labute approximate surface area is 91.7 Å². The molecule has 0 saturated heterocycles. The SMILES string of the molecule is CC(C)COC(c1ccccn1)C(C)N. The Morgan fingerprint density at radius 2 is 2.07 bits per heavy atom. The minimum Gasteiger partial charge on any atom is -0.370 e. The van der Waals surface area contributed by atoms with Crippen LogP contribution in [-0.2, 0) is 4.74 Å². The van der Waals surface area contributed by atoms with E-state index in [1.165, 1.54) is 0 Å². The van der Waals surface area contributed by atoms with Gasteiger partial charge in [-0.15, -0.1) is 0 Å². The standard InChI is InChI=1S/C12H20N2O/c1-9(2)8-15-12(10(3)13)11-6-4-5-7-14-11/h4-7,9-10,12H,8,13H2,1-3H3. The van der Waals surface area contributed by atoms with Crippen LogP contribution in [-0.4, -0.2) is 17.6 Å². The summed E-state index contributed by atoms with van der Waals surface area (Å²) in [4.78, 5) is 4.27. The second kappa shape index (κ2) is 5.83. The summed E-state index contributed by atoms with van der Waals surface area (Å²) in [6.07, 6.45) is 1.66. The summed E-state index contributed by atoms with van der Waals surface area (Å²) in [5.74, 6) is 0.509. The molecule has 2 N–H and O–H groups in total. The van der Waals surface area contributed by atoms with E-state index in [0.717, 1.165) is 5.69 Å². The highest BCUT2D eigenvalue weighted by molar-refractivity contribution is 5.08. The van der Waals surface area contributed by atoms with Crippen molar-refractivity contribution in [2.45, 2.75) is 32.9 Å². The van der Waals surface area contributed by atoms with Crippen LogP contribution in [0, 0.1) is 5.92 Å². The van der Waals surface area contributed by atoms with Gasteiger partial charge in [-0.2, -0.15) is 0 Å². The number of nitrogens with two attached hydrogens (primary N) is 1. The molecule has 0 bridgehead atoms. The van der Waals surface area contributed by atoms with Gasteiger partial charge in [0.05, 0.1) is 5.69 Å². The Hall–Kier alpha value is -0.930. The lowest BCUT2D eigenvalue weighted by atomic mass is 10.1. The number of hydrogen-bond acceptors (Lipinski definition) is 3. The molecule has 1 rings (SSSR count). The van der Waals surface area contributed by atoms with Crippen LogP contribution in [0.15, 0.2) is 24.4 Å². The second-order valence-corrected chi connectivity index (χ2v) is 4.26. The Kier molecular flexibility index (Phi) is 4.72. The fourth-order valence-electron chi connectivity index (χ4n) is 1.35. The molecular formula is C12H20N2O. The van der Waals surface area contributed by atoms with Crippen LogP contribution in [0.5, 0.6) is 0 Å². The molecule has 1 aromatic rings. The van der Waals surface area contributed by atoms with Crippen LogP contribution in [0.3, 0.4) is 0 Å². The molecule has 0 spiro atoms. The molecule has 0 radical (unpaired) electrons. The van der Waals surface area contributed by atoms with E-state index in [2.05, 4.69) is 18.8 Å². The van der Waals surface area contributed by atoms with Gasteiger partial charge in [0.25, 0.3) is 0 Å². The summed E-state index contributed by atoms with van der Waals surface area (Å²) in [5.41, 5.74) is 6.80. The van der Waals surface area contributed by atoms with Crippen molar-refractivity contribution in [2.24, 2.45) is 11.7 Å². The van der Waals surface area contributed by atoms with Crippen molar-refractivity contribution < 1.29 is 4.74 Å². The van der Waals surface area contributed by atoms with E-state index >= 15 is 0 Å². The van der Waals surface area contributed by atoms with Crippen molar-refractivity contribution >= 4 is 0 Å². The smallest absolute Gasteiger partial charge is 0.114 e. The van der Waals surface area contributed by atoms with Crippen LogP contribution in [0.4, 0.5) is 0 Å². The van der Waals surface area contributed by atoms with Crippen molar-refractivity contribution in [3.05, 3.63) is 30.1 Å². The summed E-state index contributed by atoms with van der Waals surface area (Å²) in [6, 6.07) is 5.76. The van der Waals surface area contributed by atoms with Crippen LogP contribution >= 0.6 is 0 Å². The first-order chi connectivity index (χ1) is 7.11. The van der Waals surface area contributed by atoms with Crippen molar-refractivity contribution in [2.75, 3.05) is 6.61 Å². The highest BCUT2D eigenvalue weighted by Gasteiger charge is 2.18. The van der Waals surface area contributed by atoms with Crippen LogP contribution in [0.1, 0.15) is 32.6 Å². The van der Waals surface area contributed by atoms with Crippen molar-refractivity contribution in [3.63, 3.8) is 0 Å². The third-order valence-corrected chi connectivity index (χ3v) is 2.07. The molecule has 0 aliphatic heterocycles. The third-order valence-electron chi connectivity index (χ3n) is 2.07. The normalized spacial score (nSPS) is 15.3. The monoisotopic (exact) mass is 208 g/mol. The Bertz CT molecular complexity index is 272. The lowest BCUT2D eigenvalue weighted by Crippen LogP contribution is -2.28. The van der Waals surface area contributed by atoms with Crippen LogP contribution < -0.4 is 5.73 Å². The van der Waals surface area contributed by atoms with Gasteiger partial charge < -0.3 is 10.5 Å². The molecule has 3 nitrogen and oxygen atoms in total. The maximum Gasteiger partial charge on any atom is 0.114 e. The molecule has 2 atom stereocenters. The van der Waals surface area contributed by atoms with Crippen molar-refractivity contribution in [1.29, 1.82) is 0 Å². The number of rotatable bonds is 5. The highest BCUT2D eigenvalue weighted by Crippen LogP contribution is 2.18. The molecule has 0 aliphatic rings. The maximum absolute atomic E-state index is 5.89. The van der Waals surface area contributed by atoms with Gasteiger partial charge in [-0.3, -0.25) is 4.98 Å². The fraction of sp³-hybridized carbons (Fsp3) is 0.583. The number of aromatic nitrogens is 1. The van der Waals surface area contributed by atoms with E-state index in [4.69, 9.17) is 10.5 Å². The predicted molar refractivity (Wildman–Crippen MR) is 61.4 cm³/mol. The summed E-state index contributed by atoms with van der Waals surface area (Å²) in [5, 5.41) is 0. The van der Waals surface area contributed by atoms with E-state index in [-0.39, 0.29) is 12.1 Å². The maximum atomic E-state index is 5.89. The zero-order valence-corrected chi connectivity index (χ0v) is 9.68. The molecular weight excluding hydrogens is 188 g/mol. The molecule has 3 heteroatoms. The zero-order valence-electron chi connectivity index (χ0n) is 9.68.